The predicted octanol–water partition coefficient (Wildman–Crippen LogP) is 4.54. The molecule has 1 heterocycles. The highest BCUT2D eigenvalue weighted by Crippen LogP contribution is 2.21. The van der Waals surface area contributed by atoms with Crippen LogP contribution in [0.2, 0.25) is 0 Å². The number of hydrogen-bond acceptors (Lipinski definition) is 5. The molecule has 6 nitrogen and oxygen atoms in total. The maximum atomic E-state index is 12.8. The fourth-order valence-electron chi connectivity index (χ4n) is 2.82. The third kappa shape index (κ3) is 5.30. The largest absolute Gasteiger partial charge is 0.326 e. The molecular formula is C24H25N3O3S. The van der Waals surface area contributed by atoms with E-state index in [9.17, 15) is 14.4 Å². The van der Waals surface area contributed by atoms with Crippen molar-refractivity contribution in [3.8, 4) is 0 Å². The van der Waals surface area contributed by atoms with Crippen LogP contribution in [0.5, 0.6) is 0 Å². The van der Waals surface area contributed by atoms with Gasteiger partial charge < -0.3 is 5.32 Å². The summed E-state index contributed by atoms with van der Waals surface area (Å²) in [7, 11) is 0. The fourth-order valence-corrected chi connectivity index (χ4v) is 3.72. The highest BCUT2D eigenvalue weighted by atomic mass is 32.2. The van der Waals surface area contributed by atoms with E-state index in [-0.39, 0.29) is 23.0 Å². The van der Waals surface area contributed by atoms with Crippen LogP contribution in [0, 0.1) is 5.41 Å². The Kier molecular flexibility index (Phi) is 6.75. The van der Waals surface area contributed by atoms with Crippen molar-refractivity contribution in [2.75, 3.05) is 11.1 Å². The zero-order valence-electron chi connectivity index (χ0n) is 17.8. The third-order valence-electron chi connectivity index (χ3n) is 4.62. The summed E-state index contributed by atoms with van der Waals surface area (Å²) in [5.74, 6) is -0.0498. The van der Waals surface area contributed by atoms with Crippen molar-refractivity contribution in [1.29, 1.82) is 0 Å². The SMILES string of the molecule is C=CCn1c(SCC(=O)c2ccc(NC(=O)C(C)(C)C)cc2)nc2ccccc2c1=O. The number of benzene rings is 2. The quantitative estimate of drug-likeness (QED) is 0.255. The van der Waals surface area contributed by atoms with Crippen LogP contribution in [-0.2, 0) is 11.3 Å². The van der Waals surface area contributed by atoms with Crippen molar-refractivity contribution in [2.24, 2.45) is 5.41 Å². The van der Waals surface area contributed by atoms with E-state index in [0.29, 0.717) is 33.9 Å². The number of allylic oxidation sites excluding steroid dienone is 1. The highest BCUT2D eigenvalue weighted by molar-refractivity contribution is 7.99. The van der Waals surface area contributed by atoms with Gasteiger partial charge in [-0.2, -0.15) is 0 Å². The van der Waals surface area contributed by atoms with E-state index in [1.165, 1.54) is 16.3 Å². The number of carbonyl (C=O) groups excluding carboxylic acids is 2. The molecule has 0 aliphatic rings. The van der Waals surface area contributed by atoms with Crippen LogP contribution in [0.25, 0.3) is 10.9 Å². The number of hydrogen-bond donors (Lipinski definition) is 1. The lowest BCUT2D eigenvalue weighted by Crippen LogP contribution is -2.27. The second-order valence-corrected chi connectivity index (χ2v) is 9.05. The van der Waals surface area contributed by atoms with Gasteiger partial charge in [0.1, 0.15) is 0 Å². The summed E-state index contributed by atoms with van der Waals surface area (Å²) in [6, 6.07) is 13.9. The van der Waals surface area contributed by atoms with Gasteiger partial charge in [-0.05, 0) is 36.4 Å². The molecule has 0 saturated heterocycles. The molecule has 160 valence electrons. The number of nitrogens with zero attached hydrogens (tertiary/aromatic N) is 2. The number of para-hydroxylation sites is 1. The van der Waals surface area contributed by atoms with Crippen LogP contribution in [0.15, 0.2) is 71.1 Å². The molecule has 2 aromatic carbocycles. The molecular weight excluding hydrogens is 410 g/mol. The second kappa shape index (κ2) is 9.31. The molecule has 1 N–H and O–H groups in total. The van der Waals surface area contributed by atoms with Crippen LogP contribution in [0.3, 0.4) is 0 Å². The lowest BCUT2D eigenvalue weighted by Gasteiger charge is -2.17. The molecule has 0 radical (unpaired) electrons. The van der Waals surface area contributed by atoms with Gasteiger partial charge in [0.15, 0.2) is 10.9 Å². The van der Waals surface area contributed by atoms with E-state index in [2.05, 4.69) is 16.9 Å². The number of aromatic nitrogens is 2. The number of carbonyl (C=O) groups is 2. The van der Waals surface area contributed by atoms with Crippen LogP contribution in [-0.4, -0.2) is 27.0 Å². The monoisotopic (exact) mass is 435 g/mol. The van der Waals surface area contributed by atoms with E-state index in [1.807, 2.05) is 26.8 Å². The first-order valence-corrected chi connectivity index (χ1v) is 10.9. The Bertz CT molecular complexity index is 1190. The first-order chi connectivity index (χ1) is 14.7. The normalized spacial score (nSPS) is 11.3. The fraction of sp³-hybridized carbons (Fsp3) is 0.250. The Hall–Kier alpha value is -3.19. The predicted molar refractivity (Wildman–Crippen MR) is 126 cm³/mol. The summed E-state index contributed by atoms with van der Waals surface area (Å²) in [6.45, 7) is 9.54. The van der Waals surface area contributed by atoms with Gasteiger partial charge in [-0.1, -0.05) is 50.7 Å². The van der Waals surface area contributed by atoms with Crippen LogP contribution in [0.4, 0.5) is 5.69 Å². The van der Waals surface area contributed by atoms with Gasteiger partial charge in [-0.3, -0.25) is 19.0 Å². The molecule has 0 aliphatic carbocycles. The van der Waals surface area contributed by atoms with Gasteiger partial charge in [-0.15, -0.1) is 6.58 Å². The van der Waals surface area contributed by atoms with E-state index in [0.717, 1.165) is 0 Å². The Labute approximate surface area is 185 Å². The van der Waals surface area contributed by atoms with Crippen molar-refractivity contribution in [1.82, 2.24) is 9.55 Å². The van der Waals surface area contributed by atoms with Crippen LogP contribution < -0.4 is 10.9 Å². The van der Waals surface area contributed by atoms with E-state index >= 15 is 0 Å². The lowest BCUT2D eigenvalue weighted by atomic mass is 9.95. The zero-order chi connectivity index (χ0) is 22.6. The minimum Gasteiger partial charge on any atom is -0.326 e. The smallest absolute Gasteiger partial charge is 0.262 e. The minimum atomic E-state index is -0.501. The second-order valence-electron chi connectivity index (χ2n) is 8.11. The number of ketones is 1. The molecule has 0 unspecified atom stereocenters. The topological polar surface area (TPSA) is 81.1 Å². The van der Waals surface area contributed by atoms with E-state index < -0.39 is 5.41 Å². The van der Waals surface area contributed by atoms with Gasteiger partial charge >= 0.3 is 0 Å². The Morgan fingerprint density at radius 3 is 2.45 bits per heavy atom. The molecule has 0 aliphatic heterocycles. The summed E-state index contributed by atoms with van der Waals surface area (Å²) in [5.41, 5.74) is 1.11. The van der Waals surface area contributed by atoms with Crippen molar-refractivity contribution < 1.29 is 9.59 Å². The number of rotatable bonds is 7. The highest BCUT2D eigenvalue weighted by Gasteiger charge is 2.21. The van der Waals surface area contributed by atoms with Gasteiger partial charge in [0, 0.05) is 23.2 Å². The number of nitrogens with one attached hydrogen (secondary N) is 1. The van der Waals surface area contributed by atoms with Crippen molar-refractivity contribution in [2.45, 2.75) is 32.5 Å². The molecule has 0 atom stereocenters. The van der Waals surface area contributed by atoms with Gasteiger partial charge in [0.25, 0.3) is 5.56 Å². The molecule has 0 saturated carbocycles. The molecule has 7 heteroatoms. The lowest BCUT2D eigenvalue weighted by molar-refractivity contribution is -0.123. The number of thioether (sulfide) groups is 1. The minimum absolute atomic E-state index is 0.0914. The Morgan fingerprint density at radius 1 is 1.13 bits per heavy atom. The summed E-state index contributed by atoms with van der Waals surface area (Å²) in [6.07, 6.45) is 1.63. The first kappa shape index (κ1) is 22.5. The van der Waals surface area contributed by atoms with Gasteiger partial charge in [0.2, 0.25) is 5.91 Å². The molecule has 31 heavy (non-hydrogen) atoms. The average molecular weight is 436 g/mol. The molecule has 0 spiro atoms. The molecule has 3 aromatic rings. The van der Waals surface area contributed by atoms with E-state index in [1.54, 1.807) is 48.5 Å². The van der Waals surface area contributed by atoms with Crippen molar-refractivity contribution in [3.63, 3.8) is 0 Å². The third-order valence-corrected chi connectivity index (χ3v) is 5.59. The summed E-state index contributed by atoms with van der Waals surface area (Å²) in [5, 5.41) is 3.85. The Balaban J connectivity index is 1.75. The van der Waals surface area contributed by atoms with Gasteiger partial charge in [-0.25, -0.2) is 4.98 Å². The van der Waals surface area contributed by atoms with Crippen molar-refractivity contribution in [3.05, 3.63) is 77.1 Å². The average Bonchev–Trinajstić information content (AvgIpc) is 2.74. The maximum Gasteiger partial charge on any atom is 0.262 e. The number of anilines is 1. The van der Waals surface area contributed by atoms with Crippen LogP contribution in [0.1, 0.15) is 31.1 Å². The summed E-state index contributed by atoms with van der Waals surface area (Å²) < 4.78 is 1.53. The zero-order valence-corrected chi connectivity index (χ0v) is 18.7. The molecule has 0 fully saturated rings. The number of fused-ring (bicyclic) bond motifs is 1. The molecule has 1 amide bonds. The standard InChI is InChI=1S/C24H25N3O3S/c1-5-14-27-21(29)18-8-6-7-9-19(18)26-23(27)31-15-20(28)16-10-12-17(13-11-16)25-22(30)24(2,3)4/h5-13H,1,14-15H2,2-4H3,(H,25,30). The van der Waals surface area contributed by atoms with Gasteiger partial charge in [0.05, 0.1) is 16.7 Å². The van der Waals surface area contributed by atoms with E-state index in [4.69, 9.17) is 0 Å². The molecule has 3 rings (SSSR count). The molecule has 1 aromatic heterocycles. The summed E-state index contributed by atoms with van der Waals surface area (Å²) in [4.78, 5) is 42.1. The number of amides is 1. The summed E-state index contributed by atoms with van der Waals surface area (Å²) >= 11 is 1.22. The molecule has 0 bridgehead atoms. The number of Topliss-reactive ketones (excluding diaryl/α,β-unsaturated/α-hetero) is 1. The van der Waals surface area contributed by atoms with Crippen molar-refractivity contribution >= 4 is 40.0 Å². The first-order valence-electron chi connectivity index (χ1n) is 9.88. The Morgan fingerprint density at radius 2 is 1.81 bits per heavy atom. The maximum absolute atomic E-state index is 12.8. The van der Waals surface area contributed by atoms with Crippen LogP contribution >= 0.6 is 11.8 Å².